The molecule has 122 valence electrons. The number of methoxy groups -OCH3 is 1. The van der Waals surface area contributed by atoms with Gasteiger partial charge in [0.25, 0.3) is 5.91 Å². The summed E-state index contributed by atoms with van der Waals surface area (Å²) in [5.41, 5.74) is 4.47. The number of amides is 1. The molecule has 23 heavy (non-hydrogen) atoms. The van der Waals surface area contributed by atoms with Crippen molar-refractivity contribution >= 4 is 17.2 Å². The predicted octanol–water partition coefficient (Wildman–Crippen LogP) is 2.14. The van der Waals surface area contributed by atoms with E-state index in [2.05, 4.69) is 14.5 Å². The van der Waals surface area contributed by atoms with Crippen molar-refractivity contribution in [3.8, 4) is 0 Å². The van der Waals surface area contributed by atoms with Gasteiger partial charge >= 0.3 is 0 Å². The molecule has 0 bridgehead atoms. The van der Waals surface area contributed by atoms with Crippen LogP contribution in [0, 0.1) is 5.92 Å². The Morgan fingerprint density at radius 2 is 2.30 bits per heavy atom. The number of rotatable bonds is 5. The second-order valence-corrected chi connectivity index (χ2v) is 7.10. The van der Waals surface area contributed by atoms with Gasteiger partial charge in [0.05, 0.1) is 30.7 Å². The van der Waals surface area contributed by atoms with Crippen LogP contribution < -0.4 is 0 Å². The smallest absolute Gasteiger partial charge is 0.273 e. The van der Waals surface area contributed by atoms with Gasteiger partial charge in [-0.3, -0.25) is 4.79 Å². The summed E-state index contributed by atoms with van der Waals surface area (Å²) in [5.74, 6) is 0.952. The number of aromatic nitrogens is 3. The van der Waals surface area contributed by atoms with Crippen molar-refractivity contribution < 1.29 is 9.53 Å². The molecule has 0 spiro atoms. The first kappa shape index (κ1) is 14.8. The number of hydrogen-bond acceptors (Lipinski definition) is 5. The molecule has 6 nitrogen and oxygen atoms in total. The molecule has 1 amide bonds. The maximum atomic E-state index is 12.6. The molecular formula is C16H20N4O2S. The molecule has 1 aliphatic heterocycles. The molecule has 1 unspecified atom stereocenters. The van der Waals surface area contributed by atoms with E-state index in [1.54, 1.807) is 18.0 Å². The van der Waals surface area contributed by atoms with Crippen LogP contribution in [-0.4, -0.2) is 45.6 Å². The van der Waals surface area contributed by atoms with Crippen molar-refractivity contribution in [3.63, 3.8) is 0 Å². The lowest BCUT2D eigenvalue weighted by atomic mass is 9.98. The van der Waals surface area contributed by atoms with Gasteiger partial charge in [-0.05, 0) is 18.8 Å². The molecule has 0 radical (unpaired) electrons. The minimum Gasteiger partial charge on any atom is -0.384 e. The van der Waals surface area contributed by atoms with E-state index < -0.39 is 0 Å². The highest BCUT2D eigenvalue weighted by Crippen LogP contribution is 2.34. The Balaban J connectivity index is 1.60. The molecule has 4 rings (SSSR count). The predicted molar refractivity (Wildman–Crippen MR) is 86.4 cm³/mol. The molecule has 0 saturated heterocycles. The summed E-state index contributed by atoms with van der Waals surface area (Å²) in [6, 6.07) is 0. The number of hydrogen-bond donors (Lipinski definition) is 0. The quantitative estimate of drug-likeness (QED) is 0.842. The summed E-state index contributed by atoms with van der Waals surface area (Å²) in [6.07, 6.45) is 4.56. The van der Waals surface area contributed by atoms with E-state index in [-0.39, 0.29) is 11.8 Å². The molecule has 1 saturated carbocycles. The first-order valence-corrected chi connectivity index (χ1v) is 8.91. The fourth-order valence-electron chi connectivity index (χ4n) is 3.32. The average molecular weight is 332 g/mol. The van der Waals surface area contributed by atoms with Gasteiger partial charge in [-0.25, -0.2) is 9.97 Å². The number of thiazole rings is 1. The summed E-state index contributed by atoms with van der Waals surface area (Å²) in [4.78, 5) is 23.2. The van der Waals surface area contributed by atoms with Crippen molar-refractivity contribution in [1.82, 2.24) is 19.4 Å². The van der Waals surface area contributed by atoms with Gasteiger partial charge in [-0.1, -0.05) is 0 Å². The van der Waals surface area contributed by atoms with Gasteiger partial charge in [0.15, 0.2) is 0 Å². The van der Waals surface area contributed by atoms with Gasteiger partial charge in [0.2, 0.25) is 0 Å². The fourth-order valence-corrected chi connectivity index (χ4v) is 3.84. The molecule has 1 aliphatic carbocycles. The third-order valence-electron chi connectivity index (χ3n) is 4.58. The van der Waals surface area contributed by atoms with Gasteiger partial charge in [-0.2, -0.15) is 0 Å². The Kier molecular flexibility index (Phi) is 3.90. The molecule has 3 heterocycles. The van der Waals surface area contributed by atoms with E-state index in [1.165, 1.54) is 29.9 Å². The van der Waals surface area contributed by atoms with Gasteiger partial charge in [0, 0.05) is 37.2 Å². The SMILES string of the molecule is COCC1CN(C(=O)c2cscn2)Cc2ncn(CC3CC3)c21. The van der Waals surface area contributed by atoms with Crippen LogP contribution in [-0.2, 0) is 17.8 Å². The number of carbonyl (C=O) groups excluding carboxylic acids is 1. The molecule has 7 heteroatoms. The summed E-state index contributed by atoms with van der Waals surface area (Å²) in [7, 11) is 1.71. The van der Waals surface area contributed by atoms with E-state index in [9.17, 15) is 4.79 Å². The highest BCUT2D eigenvalue weighted by Gasteiger charge is 2.34. The van der Waals surface area contributed by atoms with Crippen LogP contribution in [0.3, 0.4) is 0 Å². The van der Waals surface area contributed by atoms with Crippen LogP contribution in [0.25, 0.3) is 0 Å². The van der Waals surface area contributed by atoms with Crippen LogP contribution in [0.5, 0.6) is 0 Å². The number of fused-ring (bicyclic) bond motifs is 1. The molecule has 0 aromatic carbocycles. The van der Waals surface area contributed by atoms with Gasteiger partial charge in [-0.15, -0.1) is 11.3 Å². The summed E-state index contributed by atoms with van der Waals surface area (Å²) >= 11 is 1.44. The maximum Gasteiger partial charge on any atom is 0.273 e. The molecule has 2 aliphatic rings. The summed E-state index contributed by atoms with van der Waals surface area (Å²) < 4.78 is 7.69. The van der Waals surface area contributed by atoms with E-state index in [4.69, 9.17) is 4.74 Å². The summed E-state index contributed by atoms with van der Waals surface area (Å²) in [5, 5.41) is 1.80. The number of imidazole rings is 1. The first-order chi connectivity index (χ1) is 11.3. The molecule has 1 atom stereocenters. The largest absolute Gasteiger partial charge is 0.384 e. The lowest BCUT2D eigenvalue weighted by Crippen LogP contribution is -2.40. The second kappa shape index (κ2) is 6.05. The molecular weight excluding hydrogens is 312 g/mol. The van der Waals surface area contributed by atoms with Crippen LogP contribution in [0.1, 0.15) is 40.6 Å². The zero-order valence-corrected chi connectivity index (χ0v) is 14.0. The summed E-state index contributed by atoms with van der Waals surface area (Å²) in [6.45, 7) is 2.86. The van der Waals surface area contributed by atoms with Crippen LogP contribution in [0.2, 0.25) is 0 Å². The molecule has 0 N–H and O–H groups in total. The van der Waals surface area contributed by atoms with E-state index in [0.717, 1.165) is 18.2 Å². The third-order valence-corrected chi connectivity index (χ3v) is 5.17. The highest BCUT2D eigenvalue weighted by atomic mass is 32.1. The number of ether oxygens (including phenoxy) is 1. The van der Waals surface area contributed by atoms with Crippen molar-refractivity contribution in [2.45, 2.75) is 31.8 Å². The minimum atomic E-state index is -0.0188. The van der Waals surface area contributed by atoms with E-state index >= 15 is 0 Å². The minimum absolute atomic E-state index is 0.0188. The highest BCUT2D eigenvalue weighted by molar-refractivity contribution is 7.07. The Bertz CT molecular complexity index is 693. The normalized spacial score (nSPS) is 20.6. The zero-order chi connectivity index (χ0) is 15.8. The molecule has 1 fully saturated rings. The maximum absolute atomic E-state index is 12.6. The van der Waals surface area contributed by atoms with Crippen molar-refractivity contribution in [2.75, 3.05) is 20.3 Å². The molecule has 2 aromatic rings. The van der Waals surface area contributed by atoms with Crippen LogP contribution >= 0.6 is 11.3 Å². The van der Waals surface area contributed by atoms with Crippen LogP contribution in [0.15, 0.2) is 17.2 Å². The van der Waals surface area contributed by atoms with Gasteiger partial charge < -0.3 is 14.2 Å². The molecule has 2 aromatic heterocycles. The third kappa shape index (κ3) is 2.90. The lowest BCUT2D eigenvalue weighted by molar-refractivity contribution is 0.0667. The van der Waals surface area contributed by atoms with Crippen molar-refractivity contribution in [1.29, 1.82) is 0 Å². The van der Waals surface area contributed by atoms with Gasteiger partial charge in [0.1, 0.15) is 5.69 Å². The van der Waals surface area contributed by atoms with Crippen molar-refractivity contribution in [3.05, 3.63) is 34.3 Å². The fraction of sp³-hybridized carbons (Fsp3) is 0.562. The Morgan fingerprint density at radius 3 is 3.00 bits per heavy atom. The van der Waals surface area contributed by atoms with Crippen molar-refractivity contribution in [2.24, 2.45) is 5.92 Å². The Labute approximate surface area is 139 Å². The number of carbonyl (C=O) groups is 1. The topological polar surface area (TPSA) is 60.2 Å². The van der Waals surface area contributed by atoms with E-state index in [1.807, 2.05) is 11.2 Å². The Hall–Kier alpha value is -1.73. The standard InChI is InChI=1S/C16H20N4O2S/c1-22-7-12-5-19(16(21)14-8-23-10-18-14)6-13-15(12)20(9-17-13)4-11-2-3-11/h8-12H,2-7H2,1H3. The first-order valence-electron chi connectivity index (χ1n) is 7.96. The Morgan fingerprint density at radius 1 is 1.43 bits per heavy atom. The second-order valence-electron chi connectivity index (χ2n) is 6.38. The van der Waals surface area contributed by atoms with E-state index in [0.29, 0.717) is 25.4 Å². The lowest BCUT2D eigenvalue weighted by Gasteiger charge is -2.32. The van der Waals surface area contributed by atoms with Crippen LogP contribution in [0.4, 0.5) is 0 Å². The zero-order valence-electron chi connectivity index (χ0n) is 13.1. The average Bonchev–Trinajstić information content (AvgIpc) is 3.04. The monoisotopic (exact) mass is 332 g/mol. The number of nitrogens with zero attached hydrogens (tertiary/aromatic N) is 4.